The average Bonchev–Trinajstić information content (AvgIpc) is 2.33. The van der Waals surface area contributed by atoms with Crippen LogP contribution in [0.5, 0.6) is 0 Å². The van der Waals surface area contributed by atoms with Crippen LogP contribution in [-0.2, 0) is 11.3 Å². The second-order valence-electron chi connectivity index (χ2n) is 6.22. The summed E-state index contributed by atoms with van der Waals surface area (Å²) in [5.41, 5.74) is 2.94. The summed E-state index contributed by atoms with van der Waals surface area (Å²) in [4.78, 5) is 2.34. The summed E-state index contributed by atoms with van der Waals surface area (Å²) in [5, 5.41) is 3.41. The molecule has 108 valence electrons. The highest BCUT2D eigenvalue weighted by Crippen LogP contribution is 2.23. The van der Waals surface area contributed by atoms with Gasteiger partial charge in [0.1, 0.15) is 0 Å². The van der Waals surface area contributed by atoms with E-state index in [9.17, 15) is 0 Å². The fourth-order valence-electron chi connectivity index (χ4n) is 2.23. The Labute approximate surface area is 118 Å². The Morgan fingerprint density at radius 1 is 1.21 bits per heavy atom. The monoisotopic (exact) mass is 264 g/mol. The molecule has 1 rings (SSSR count). The molecule has 0 aromatic heterocycles. The Bertz CT molecular complexity index is 371. The van der Waals surface area contributed by atoms with E-state index < -0.39 is 0 Å². The van der Waals surface area contributed by atoms with Crippen molar-refractivity contribution >= 4 is 5.69 Å². The van der Waals surface area contributed by atoms with Gasteiger partial charge in [-0.15, -0.1) is 0 Å². The van der Waals surface area contributed by atoms with Gasteiger partial charge in [-0.05, 0) is 17.0 Å². The van der Waals surface area contributed by atoms with Gasteiger partial charge in [0.05, 0.1) is 6.61 Å². The fourth-order valence-corrected chi connectivity index (χ4v) is 2.23. The molecule has 3 heteroatoms. The van der Waals surface area contributed by atoms with E-state index in [-0.39, 0.29) is 0 Å². The van der Waals surface area contributed by atoms with E-state index in [1.54, 1.807) is 7.11 Å². The van der Waals surface area contributed by atoms with Gasteiger partial charge in [0.25, 0.3) is 0 Å². The predicted octanol–water partition coefficient (Wildman–Crippen LogP) is 2.90. The van der Waals surface area contributed by atoms with Crippen molar-refractivity contribution in [2.45, 2.75) is 27.3 Å². The van der Waals surface area contributed by atoms with Crippen molar-refractivity contribution in [3.05, 3.63) is 29.8 Å². The molecule has 1 aromatic rings. The second-order valence-corrected chi connectivity index (χ2v) is 6.22. The number of hydrogen-bond acceptors (Lipinski definition) is 3. The highest BCUT2D eigenvalue weighted by atomic mass is 16.5. The number of hydrogen-bond donors (Lipinski definition) is 1. The molecule has 0 fully saturated rings. The van der Waals surface area contributed by atoms with Crippen molar-refractivity contribution in [2.75, 3.05) is 38.8 Å². The van der Waals surface area contributed by atoms with Crippen LogP contribution in [0.3, 0.4) is 0 Å². The highest BCUT2D eigenvalue weighted by Gasteiger charge is 2.15. The van der Waals surface area contributed by atoms with Crippen molar-refractivity contribution in [1.29, 1.82) is 0 Å². The van der Waals surface area contributed by atoms with Gasteiger partial charge in [0, 0.05) is 39.5 Å². The molecule has 0 bridgehead atoms. The molecule has 0 aliphatic carbocycles. The Balaban J connectivity index is 2.66. The summed E-state index contributed by atoms with van der Waals surface area (Å²) in [6.45, 7) is 10.4. The number of methoxy groups -OCH3 is 1. The largest absolute Gasteiger partial charge is 0.383 e. The van der Waals surface area contributed by atoms with Crippen LogP contribution in [0.2, 0.25) is 0 Å². The molecule has 0 saturated carbocycles. The molecule has 0 aliphatic heterocycles. The minimum Gasteiger partial charge on any atom is -0.383 e. The van der Waals surface area contributed by atoms with Gasteiger partial charge in [0.15, 0.2) is 0 Å². The zero-order chi connectivity index (χ0) is 14.3. The third-order valence-electron chi connectivity index (χ3n) is 2.91. The third-order valence-corrected chi connectivity index (χ3v) is 2.91. The minimum absolute atomic E-state index is 0.297. The first-order valence-corrected chi connectivity index (χ1v) is 6.93. The smallest absolute Gasteiger partial charge is 0.0587 e. The van der Waals surface area contributed by atoms with Gasteiger partial charge in [-0.2, -0.15) is 0 Å². The molecule has 1 aromatic carbocycles. The fraction of sp³-hybridized carbons (Fsp3) is 0.625. The predicted molar refractivity (Wildman–Crippen MR) is 82.7 cm³/mol. The lowest BCUT2D eigenvalue weighted by molar-refractivity contribution is 0.199. The summed E-state index contributed by atoms with van der Waals surface area (Å²) in [6.07, 6.45) is 0. The molecule has 0 amide bonds. The Morgan fingerprint density at radius 3 is 2.53 bits per heavy atom. The van der Waals surface area contributed by atoms with Crippen LogP contribution in [0.25, 0.3) is 0 Å². The van der Waals surface area contributed by atoms with Crippen molar-refractivity contribution in [1.82, 2.24) is 5.32 Å². The van der Waals surface area contributed by atoms with Gasteiger partial charge >= 0.3 is 0 Å². The van der Waals surface area contributed by atoms with Gasteiger partial charge in [-0.3, -0.25) is 0 Å². The molecule has 0 saturated heterocycles. The lowest BCUT2D eigenvalue weighted by Crippen LogP contribution is -2.30. The van der Waals surface area contributed by atoms with E-state index >= 15 is 0 Å². The van der Waals surface area contributed by atoms with E-state index in [4.69, 9.17) is 4.74 Å². The van der Waals surface area contributed by atoms with E-state index in [2.05, 4.69) is 62.3 Å². The molecule has 0 unspecified atom stereocenters. The van der Waals surface area contributed by atoms with Crippen molar-refractivity contribution in [3.8, 4) is 0 Å². The number of anilines is 1. The second kappa shape index (κ2) is 7.51. The molecular formula is C16H28N2O. The quantitative estimate of drug-likeness (QED) is 0.766. The topological polar surface area (TPSA) is 24.5 Å². The van der Waals surface area contributed by atoms with Crippen molar-refractivity contribution in [2.24, 2.45) is 5.41 Å². The van der Waals surface area contributed by atoms with Gasteiger partial charge in [0.2, 0.25) is 0 Å². The zero-order valence-electron chi connectivity index (χ0n) is 13.0. The number of benzene rings is 1. The molecule has 0 radical (unpaired) electrons. The standard InChI is InChI=1S/C16H28N2O/c1-16(2,3)13-18(4)15-9-7-6-8-14(15)12-17-10-11-19-5/h6-9,17H,10-13H2,1-5H3. The van der Waals surface area contributed by atoms with E-state index in [0.29, 0.717) is 5.41 Å². The lowest BCUT2D eigenvalue weighted by Gasteiger charge is -2.30. The Kier molecular flexibility index (Phi) is 6.32. The zero-order valence-corrected chi connectivity index (χ0v) is 13.0. The van der Waals surface area contributed by atoms with Crippen LogP contribution in [0.4, 0.5) is 5.69 Å². The average molecular weight is 264 g/mol. The van der Waals surface area contributed by atoms with Crippen LogP contribution < -0.4 is 10.2 Å². The molecule has 0 spiro atoms. The molecule has 0 atom stereocenters. The minimum atomic E-state index is 0.297. The van der Waals surface area contributed by atoms with E-state index in [1.807, 2.05) is 0 Å². The number of nitrogens with one attached hydrogen (secondary N) is 1. The van der Waals surface area contributed by atoms with Crippen LogP contribution in [-0.4, -0.2) is 33.9 Å². The molecule has 0 aliphatic rings. The summed E-state index contributed by atoms with van der Waals surface area (Å²) < 4.78 is 5.05. The maximum Gasteiger partial charge on any atom is 0.0587 e. The number of rotatable bonds is 7. The summed E-state index contributed by atoms with van der Waals surface area (Å²) in [5.74, 6) is 0. The van der Waals surface area contributed by atoms with Crippen LogP contribution in [0.15, 0.2) is 24.3 Å². The van der Waals surface area contributed by atoms with Gasteiger partial charge in [-0.1, -0.05) is 39.0 Å². The Hall–Kier alpha value is -1.06. The number of para-hydroxylation sites is 1. The third kappa shape index (κ3) is 6.08. The van der Waals surface area contributed by atoms with E-state index in [0.717, 1.165) is 26.2 Å². The molecule has 1 N–H and O–H groups in total. The Morgan fingerprint density at radius 2 is 1.89 bits per heavy atom. The maximum atomic E-state index is 5.05. The van der Waals surface area contributed by atoms with Crippen LogP contribution in [0.1, 0.15) is 26.3 Å². The van der Waals surface area contributed by atoms with Crippen LogP contribution >= 0.6 is 0 Å². The van der Waals surface area contributed by atoms with Crippen molar-refractivity contribution < 1.29 is 4.74 Å². The van der Waals surface area contributed by atoms with E-state index in [1.165, 1.54) is 11.3 Å². The molecule has 0 heterocycles. The van der Waals surface area contributed by atoms with Crippen molar-refractivity contribution in [3.63, 3.8) is 0 Å². The first-order valence-electron chi connectivity index (χ1n) is 6.93. The lowest BCUT2D eigenvalue weighted by atomic mass is 9.95. The maximum absolute atomic E-state index is 5.05. The van der Waals surface area contributed by atoms with Gasteiger partial charge < -0.3 is 15.0 Å². The SMILES string of the molecule is COCCNCc1ccccc1N(C)CC(C)(C)C. The van der Waals surface area contributed by atoms with Gasteiger partial charge in [-0.25, -0.2) is 0 Å². The number of ether oxygens (including phenoxy) is 1. The molecule has 3 nitrogen and oxygen atoms in total. The first kappa shape index (κ1) is 16.0. The molecule has 19 heavy (non-hydrogen) atoms. The normalized spacial score (nSPS) is 11.6. The molecular weight excluding hydrogens is 236 g/mol. The summed E-state index contributed by atoms with van der Waals surface area (Å²) in [6, 6.07) is 8.59. The number of nitrogens with zero attached hydrogens (tertiary/aromatic N) is 1. The first-order chi connectivity index (χ1) is 8.94. The highest BCUT2D eigenvalue weighted by molar-refractivity contribution is 5.53. The summed E-state index contributed by atoms with van der Waals surface area (Å²) in [7, 11) is 3.89. The van der Waals surface area contributed by atoms with Crippen LogP contribution in [0, 0.1) is 5.41 Å². The summed E-state index contributed by atoms with van der Waals surface area (Å²) >= 11 is 0.